The molecule has 1 aliphatic carbocycles. The normalized spacial score (nSPS) is 18.9. The van der Waals surface area contributed by atoms with E-state index < -0.39 is 6.04 Å². The minimum absolute atomic E-state index is 0.0298. The summed E-state index contributed by atoms with van der Waals surface area (Å²) < 4.78 is 5.85. The van der Waals surface area contributed by atoms with Gasteiger partial charge in [0.25, 0.3) is 0 Å². The summed E-state index contributed by atoms with van der Waals surface area (Å²) in [6, 6.07) is 6.49. The monoisotopic (exact) mass is 509 g/mol. The van der Waals surface area contributed by atoms with Crippen LogP contribution in [0, 0.1) is 0 Å². The maximum absolute atomic E-state index is 12.8. The molecule has 0 radical (unpaired) electrons. The van der Waals surface area contributed by atoms with Gasteiger partial charge in [-0.15, -0.1) is 0 Å². The van der Waals surface area contributed by atoms with Gasteiger partial charge in [0.2, 0.25) is 11.8 Å². The Morgan fingerprint density at radius 1 is 1.00 bits per heavy atom. The summed E-state index contributed by atoms with van der Waals surface area (Å²) in [6.07, 6.45) is 3.19. The molecule has 1 heterocycles. The third kappa shape index (κ3) is 7.38. The number of ether oxygens (including phenoxy) is 1. The lowest BCUT2D eigenvalue weighted by atomic mass is 9.84. The molecular weight excluding hydrogens is 470 g/mol. The third-order valence-electron chi connectivity index (χ3n) is 6.95. The van der Waals surface area contributed by atoms with Gasteiger partial charge in [-0.1, -0.05) is 12.1 Å². The topological polar surface area (TPSA) is 114 Å². The Bertz CT molecular complexity index is 1100. The zero-order valence-electron chi connectivity index (χ0n) is 22.5. The van der Waals surface area contributed by atoms with Crippen LogP contribution in [0.2, 0.25) is 0 Å². The molecule has 200 valence electrons. The van der Waals surface area contributed by atoms with Crippen molar-refractivity contribution in [2.75, 3.05) is 13.2 Å². The molecule has 1 aromatic rings. The number of allylic oxidation sites excluding steroid dienone is 4. The van der Waals surface area contributed by atoms with E-state index in [0.29, 0.717) is 53.9 Å². The third-order valence-corrected chi connectivity index (χ3v) is 6.95. The van der Waals surface area contributed by atoms with Gasteiger partial charge in [0.05, 0.1) is 12.6 Å². The number of carbonyl (C=O) groups is 4. The highest BCUT2D eigenvalue weighted by atomic mass is 16.5. The number of carbonyl (C=O) groups excluding carboxylic acids is 4. The molecule has 1 fully saturated rings. The van der Waals surface area contributed by atoms with Crippen molar-refractivity contribution >= 4 is 23.4 Å². The number of hydrogen-bond donors (Lipinski definition) is 3. The molecule has 0 aromatic heterocycles. The zero-order valence-corrected chi connectivity index (χ0v) is 22.5. The van der Waals surface area contributed by atoms with E-state index in [-0.39, 0.29) is 35.5 Å². The summed E-state index contributed by atoms with van der Waals surface area (Å²) in [5.41, 5.74) is 3.07. The van der Waals surface area contributed by atoms with Gasteiger partial charge >= 0.3 is 0 Å². The SMILES string of the molecule is CC1=C(C)C(=O)C(CCCOc2ccc(C[C@H](NC(=O)C3CCCN3)C(=O)NC(C)C)cc2)=C(C)C1=O. The van der Waals surface area contributed by atoms with E-state index in [1.54, 1.807) is 20.8 Å². The van der Waals surface area contributed by atoms with Crippen LogP contribution < -0.4 is 20.7 Å². The zero-order chi connectivity index (χ0) is 27.1. The number of Topliss-reactive ketones (excluding diaryl/α,β-unsaturated/α-hetero) is 2. The number of nitrogens with one attached hydrogen (secondary N) is 3. The van der Waals surface area contributed by atoms with Gasteiger partial charge in [0, 0.05) is 34.8 Å². The van der Waals surface area contributed by atoms with Crippen LogP contribution in [0.1, 0.15) is 65.9 Å². The fourth-order valence-corrected chi connectivity index (χ4v) is 4.63. The summed E-state index contributed by atoms with van der Waals surface area (Å²) >= 11 is 0. The Morgan fingerprint density at radius 2 is 1.68 bits per heavy atom. The van der Waals surface area contributed by atoms with Crippen LogP contribution in [0.4, 0.5) is 0 Å². The lowest BCUT2D eigenvalue weighted by molar-refractivity contribution is -0.130. The first kappa shape index (κ1) is 28.3. The van der Waals surface area contributed by atoms with Crippen molar-refractivity contribution in [1.82, 2.24) is 16.0 Å². The predicted octanol–water partition coefficient (Wildman–Crippen LogP) is 2.95. The molecule has 8 heteroatoms. The average Bonchev–Trinajstić information content (AvgIpc) is 3.41. The highest BCUT2D eigenvalue weighted by Gasteiger charge is 2.28. The predicted molar refractivity (Wildman–Crippen MR) is 142 cm³/mol. The molecule has 8 nitrogen and oxygen atoms in total. The van der Waals surface area contributed by atoms with Crippen LogP contribution in [0.15, 0.2) is 46.6 Å². The van der Waals surface area contributed by atoms with Gasteiger partial charge in [-0.2, -0.15) is 0 Å². The summed E-state index contributed by atoms with van der Waals surface area (Å²) in [7, 11) is 0. The molecule has 1 unspecified atom stereocenters. The minimum Gasteiger partial charge on any atom is -0.494 e. The van der Waals surface area contributed by atoms with E-state index >= 15 is 0 Å². The van der Waals surface area contributed by atoms with Crippen LogP contribution in [0.3, 0.4) is 0 Å². The molecule has 0 saturated carbocycles. The smallest absolute Gasteiger partial charge is 0.243 e. The van der Waals surface area contributed by atoms with Crippen molar-refractivity contribution in [2.24, 2.45) is 0 Å². The van der Waals surface area contributed by atoms with E-state index in [4.69, 9.17) is 4.74 Å². The summed E-state index contributed by atoms with van der Waals surface area (Å²) in [4.78, 5) is 50.3. The van der Waals surface area contributed by atoms with Crippen LogP contribution in [0.5, 0.6) is 5.75 Å². The molecule has 0 spiro atoms. The van der Waals surface area contributed by atoms with E-state index in [1.807, 2.05) is 38.1 Å². The maximum atomic E-state index is 12.8. The Labute approximate surface area is 219 Å². The van der Waals surface area contributed by atoms with Crippen molar-refractivity contribution < 1.29 is 23.9 Å². The van der Waals surface area contributed by atoms with Gasteiger partial charge in [0.15, 0.2) is 11.6 Å². The van der Waals surface area contributed by atoms with E-state index in [9.17, 15) is 19.2 Å². The van der Waals surface area contributed by atoms with E-state index in [2.05, 4.69) is 16.0 Å². The van der Waals surface area contributed by atoms with Gasteiger partial charge in [-0.3, -0.25) is 19.2 Å². The van der Waals surface area contributed by atoms with Gasteiger partial charge in [0.1, 0.15) is 11.8 Å². The second-order valence-corrected chi connectivity index (χ2v) is 10.2. The van der Waals surface area contributed by atoms with Gasteiger partial charge in [-0.25, -0.2) is 0 Å². The first-order valence-electron chi connectivity index (χ1n) is 13.1. The molecule has 37 heavy (non-hydrogen) atoms. The highest BCUT2D eigenvalue weighted by molar-refractivity contribution is 6.24. The Kier molecular flexibility index (Phi) is 9.80. The summed E-state index contributed by atoms with van der Waals surface area (Å²) in [5.74, 6) is 0.216. The van der Waals surface area contributed by atoms with Crippen molar-refractivity contribution in [1.29, 1.82) is 0 Å². The first-order valence-corrected chi connectivity index (χ1v) is 13.1. The molecule has 0 bridgehead atoms. The number of hydrogen-bond acceptors (Lipinski definition) is 6. The second-order valence-electron chi connectivity index (χ2n) is 10.2. The van der Waals surface area contributed by atoms with Crippen LogP contribution in [-0.2, 0) is 25.6 Å². The highest BCUT2D eigenvalue weighted by Crippen LogP contribution is 2.27. The molecule has 1 aromatic carbocycles. The fourth-order valence-electron chi connectivity index (χ4n) is 4.63. The average molecular weight is 510 g/mol. The quantitative estimate of drug-likeness (QED) is 0.312. The minimum atomic E-state index is -0.669. The van der Waals surface area contributed by atoms with Crippen molar-refractivity contribution in [3.05, 3.63) is 52.1 Å². The van der Waals surface area contributed by atoms with Crippen LogP contribution in [0.25, 0.3) is 0 Å². The molecule has 3 rings (SSSR count). The van der Waals surface area contributed by atoms with Crippen LogP contribution in [-0.4, -0.2) is 54.7 Å². The van der Waals surface area contributed by atoms with Crippen molar-refractivity contribution in [3.63, 3.8) is 0 Å². The molecule has 1 aliphatic heterocycles. The van der Waals surface area contributed by atoms with E-state index in [0.717, 1.165) is 24.9 Å². The summed E-state index contributed by atoms with van der Waals surface area (Å²) in [6.45, 7) is 10.1. The number of rotatable bonds is 11. The number of benzene rings is 1. The molecule has 2 atom stereocenters. The number of amides is 2. The largest absolute Gasteiger partial charge is 0.494 e. The molecule has 2 amide bonds. The lowest BCUT2D eigenvalue weighted by Crippen LogP contribution is -2.53. The lowest BCUT2D eigenvalue weighted by Gasteiger charge is -2.22. The van der Waals surface area contributed by atoms with Crippen molar-refractivity contribution in [3.8, 4) is 5.75 Å². The number of ketones is 2. The first-order chi connectivity index (χ1) is 17.6. The standard InChI is InChI=1S/C29H39N3O5/c1-17(2)31-29(36)25(32-28(35)24-9-6-14-30-24)16-21-10-12-22(13-11-21)37-15-7-8-23-20(5)26(33)18(3)19(4)27(23)34/h10-13,17,24-25,30H,6-9,14-16H2,1-5H3,(H,31,36)(H,32,35)/t24?,25-/m0/s1. The molecule has 2 aliphatic rings. The molecule has 1 saturated heterocycles. The Balaban J connectivity index is 1.54. The maximum Gasteiger partial charge on any atom is 0.243 e. The Hall–Kier alpha value is -3.26. The second kappa shape index (κ2) is 12.8. The fraction of sp³-hybridized carbons (Fsp3) is 0.517. The molecule has 3 N–H and O–H groups in total. The van der Waals surface area contributed by atoms with Gasteiger partial charge in [-0.05, 0) is 84.5 Å². The van der Waals surface area contributed by atoms with Gasteiger partial charge < -0.3 is 20.7 Å². The van der Waals surface area contributed by atoms with Crippen molar-refractivity contribution in [2.45, 2.75) is 84.8 Å². The van der Waals surface area contributed by atoms with E-state index in [1.165, 1.54) is 0 Å². The van der Waals surface area contributed by atoms with Crippen LogP contribution >= 0.6 is 0 Å². The molecular formula is C29H39N3O5. The Morgan fingerprint density at radius 3 is 2.30 bits per heavy atom. The summed E-state index contributed by atoms with van der Waals surface area (Å²) in [5, 5.41) is 8.98.